The highest BCUT2D eigenvalue weighted by molar-refractivity contribution is 7.07. The van der Waals surface area contributed by atoms with Crippen molar-refractivity contribution in [2.45, 2.75) is 20.4 Å². The van der Waals surface area contributed by atoms with Crippen molar-refractivity contribution >= 4 is 28.6 Å². The number of hydrogen-bond donors (Lipinski definition) is 1. The van der Waals surface area contributed by atoms with Gasteiger partial charge in [-0.25, -0.2) is 4.99 Å². The first kappa shape index (κ1) is 16.2. The van der Waals surface area contributed by atoms with Crippen LogP contribution < -0.4 is 10.1 Å². The first-order valence-corrected chi connectivity index (χ1v) is 8.71. The molecule has 0 saturated carbocycles. The minimum absolute atomic E-state index is 0.0747. The summed E-state index contributed by atoms with van der Waals surface area (Å²) in [5, 5.41) is 4.90. The zero-order valence-electron chi connectivity index (χ0n) is 13.7. The molecule has 0 saturated heterocycles. The van der Waals surface area contributed by atoms with E-state index in [1.165, 1.54) is 18.2 Å². The summed E-state index contributed by atoms with van der Waals surface area (Å²) in [4.78, 5) is 16.8. The third-order valence-electron chi connectivity index (χ3n) is 3.60. The molecule has 5 heteroatoms. The fourth-order valence-electron chi connectivity index (χ4n) is 2.50. The summed E-state index contributed by atoms with van der Waals surface area (Å²) in [5.74, 6) is -0.0747. The third-order valence-corrected chi connectivity index (χ3v) is 4.46. The number of thiazole rings is 1. The molecule has 0 bridgehead atoms. The highest BCUT2D eigenvalue weighted by Gasteiger charge is 2.06. The smallest absolute Gasteiger partial charge is 0.221 e. The minimum Gasteiger partial charge on any atom is -0.326 e. The van der Waals surface area contributed by atoms with E-state index in [-0.39, 0.29) is 5.91 Å². The lowest BCUT2D eigenvalue weighted by atomic mass is 10.2. The number of rotatable bonds is 4. The van der Waals surface area contributed by atoms with Gasteiger partial charge in [-0.15, -0.1) is 11.3 Å². The van der Waals surface area contributed by atoms with Crippen molar-refractivity contribution in [2.75, 3.05) is 5.32 Å². The van der Waals surface area contributed by atoms with Crippen molar-refractivity contribution in [3.05, 3.63) is 64.8 Å². The fraction of sp³-hybridized carbons (Fsp3) is 0.158. The highest BCUT2D eigenvalue weighted by atomic mass is 32.1. The van der Waals surface area contributed by atoms with Crippen LogP contribution >= 0.6 is 11.3 Å². The quantitative estimate of drug-likeness (QED) is 0.752. The van der Waals surface area contributed by atoms with E-state index in [0.29, 0.717) is 0 Å². The maximum Gasteiger partial charge on any atom is 0.221 e. The SMILES string of the molecule is CCn1c(-c2ccccc2)csc1=Nc1ccc(NC(C)=O)cc1. The highest BCUT2D eigenvalue weighted by Crippen LogP contribution is 2.21. The Hall–Kier alpha value is -2.66. The number of nitrogens with one attached hydrogen (secondary N) is 1. The lowest BCUT2D eigenvalue weighted by Crippen LogP contribution is -2.14. The van der Waals surface area contributed by atoms with Crippen molar-refractivity contribution in [1.82, 2.24) is 4.57 Å². The molecule has 1 heterocycles. The second-order valence-corrected chi connectivity index (χ2v) is 6.19. The second-order valence-electron chi connectivity index (χ2n) is 5.35. The molecule has 0 fully saturated rings. The van der Waals surface area contributed by atoms with E-state index in [4.69, 9.17) is 4.99 Å². The van der Waals surface area contributed by atoms with Gasteiger partial charge in [-0.3, -0.25) is 4.79 Å². The van der Waals surface area contributed by atoms with E-state index in [1.807, 2.05) is 42.5 Å². The molecule has 0 radical (unpaired) electrons. The van der Waals surface area contributed by atoms with Gasteiger partial charge in [0.15, 0.2) is 4.80 Å². The minimum atomic E-state index is -0.0747. The molecule has 0 aliphatic heterocycles. The Balaban J connectivity index is 1.96. The molecular formula is C19H19N3OS. The van der Waals surface area contributed by atoms with E-state index < -0.39 is 0 Å². The van der Waals surface area contributed by atoms with Gasteiger partial charge in [0.05, 0.1) is 11.4 Å². The van der Waals surface area contributed by atoms with Crippen molar-refractivity contribution in [2.24, 2.45) is 4.99 Å². The fourth-order valence-corrected chi connectivity index (χ4v) is 3.49. The average molecular weight is 337 g/mol. The molecule has 3 aromatic rings. The average Bonchev–Trinajstić information content (AvgIpc) is 2.99. The van der Waals surface area contributed by atoms with Crippen LogP contribution in [0.25, 0.3) is 11.3 Å². The van der Waals surface area contributed by atoms with Gasteiger partial charge in [0.1, 0.15) is 0 Å². The predicted molar refractivity (Wildman–Crippen MR) is 99.4 cm³/mol. The number of carbonyl (C=O) groups is 1. The molecule has 0 aliphatic carbocycles. The molecule has 1 N–H and O–H groups in total. The summed E-state index contributed by atoms with van der Waals surface area (Å²) in [5.41, 5.74) is 4.02. The van der Waals surface area contributed by atoms with Gasteiger partial charge in [0.25, 0.3) is 0 Å². The largest absolute Gasteiger partial charge is 0.326 e. The van der Waals surface area contributed by atoms with E-state index >= 15 is 0 Å². The number of aromatic nitrogens is 1. The molecule has 0 aliphatic rings. The molecule has 122 valence electrons. The second kappa shape index (κ2) is 7.27. The van der Waals surface area contributed by atoms with Gasteiger partial charge in [0, 0.05) is 24.5 Å². The van der Waals surface area contributed by atoms with Crippen LogP contribution in [0.15, 0.2) is 65.0 Å². The van der Waals surface area contributed by atoms with Crippen molar-refractivity contribution < 1.29 is 4.79 Å². The molecule has 3 rings (SSSR count). The predicted octanol–water partition coefficient (Wildman–Crippen LogP) is 4.43. The van der Waals surface area contributed by atoms with Crippen molar-refractivity contribution in [3.8, 4) is 11.3 Å². The van der Waals surface area contributed by atoms with Gasteiger partial charge < -0.3 is 9.88 Å². The molecule has 1 amide bonds. The lowest BCUT2D eigenvalue weighted by Gasteiger charge is -2.06. The zero-order chi connectivity index (χ0) is 16.9. The van der Waals surface area contributed by atoms with Crippen molar-refractivity contribution in [3.63, 3.8) is 0 Å². The normalized spacial score (nSPS) is 11.5. The summed E-state index contributed by atoms with van der Waals surface area (Å²) in [6, 6.07) is 17.9. The van der Waals surface area contributed by atoms with Gasteiger partial charge in [-0.1, -0.05) is 30.3 Å². The van der Waals surface area contributed by atoms with Gasteiger partial charge >= 0.3 is 0 Å². The molecule has 2 aromatic carbocycles. The van der Waals surface area contributed by atoms with Crippen LogP contribution in [0.3, 0.4) is 0 Å². The Morgan fingerprint density at radius 2 is 1.83 bits per heavy atom. The van der Waals surface area contributed by atoms with E-state index in [1.54, 1.807) is 11.3 Å². The first-order chi connectivity index (χ1) is 11.7. The van der Waals surface area contributed by atoms with Crippen LogP contribution in [0.5, 0.6) is 0 Å². The Labute approximate surface area is 145 Å². The van der Waals surface area contributed by atoms with E-state index in [2.05, 4.69) is 34.3 Å². The maximum atomic E-state index is 11.1. The van der Waals surface area contributed by atoms with Gasteiger partial charge in [-0.2, -0.15) is 0 Å². The van der Waals surface area contributed by atoms with Crippen molar-refractivity contribution in [1.29, 1.82) is 0 Å². The Morgan fingerprint density at radius 1 is 1.12 bits per heavy atom. The summed E-state index contributed by atoms with van der Waals surface area (Å²) in [7, 11) is 0. The maximum absolute atomic E-state index is 11.1. The van der Waals surface area contributed by atoms with E-state index in [9.17, 15) is 4.79 Å². The number of hydrogen-bond acceptors (Lipinski definition) is 3. The molecule has 4 nitrogen and oxygen atoms in total. The first-order valence-electron chi connectivity index (χ1n) is 7.83. The van der Waals surface area contributed by atoms with Crippen LogP contribution in [-0.4, -0.2) is 10.5 Å². The number of benzene rings is 2. The van der Waals surface area contributed by atoms with E-state index in [0.717, 1.165) is 22.7 Å². The summed E-state index contributed by atoms with van der Waals surface area (Å²) >= 11 is 1.63. The molecule has 24 heavy (non-hydrogen) atoms. The zero-order valence-corrected chi connectivity index (χ0v) is 14.5. The summed E-state index contributed by atoms with van der Waals surface area (Å²) < 4.78 is 2.21. The Bertz CT molecular complexity index is 892. The van der Waals surface area contributed by atoms with Gasteiger partial charge in [0.2, 0.25) is 5.91 Å². The standard InChI is InChI=1S/C19H19N3OS/c1-3-22-18(15-7-5-4-6-8-15)13-24-19(22)21-17-11-9-16(10-12-17)20-14(2)23/h4-13H,3H2,1-2H3,(H,20,23). The number of anilines is 1. The molecule has 1 aromatic heterocycles. The Kier molecular flexibility index (Phi) is 4.91. The van der Waals surface area contributed by atoms with Crippen LogP contribution in [0, 0.1) is 0 Å². The topological polar surface area (TPSA) is 46.4 Å². The monoisotopic (exact) mass is 337 g/mol. The summed E-state index contributed by atoms with van der Waals surface area (Å²) in [6.45, 7) is 4.48. The van der Waals surface area contributed by atoms with Crippen LogP contribution in [0.2, 0.25) is 0 Å². The lowest BCUT2D eigenvalue weighted by molar-refractivity contribution is -0.114. The van der Waals surface area contributed by atoms with Crippen LogP contribution in [0.4, 0.5) is 11.4 Å². The van der Waals surface area contributed by atoms with Crippen LogP contribution in [-0.2, 0) is 11.3 Å². The molecular weight excluding hydrogens is 318 g/mol. The van der Waals surface area contributed by atoms with Gasteiger partial charge in [-0.05, 0) is 36.8 Å². The number of carbonyl (C=O) groups excluding carboxylic acids is 1. The molecule has 0 atom stereocenters. The number of amides is 1. The van der Waals surface area contributed by atoms with Crippen LogP contribution in [0.1, 0.15) is 13.8 Å². The molecule has 0 unspecified atom stereocenters. The number of nitrogens with zero attached hydrogens (tertiary/aromatic N) is 2. The molecule has 0 spiro atoms. The third kappa shape index (κ3) is 3.63. The summed E-state index contributed by atoms with van der Waals surface area (Å²) in [6.07, 6.45) is 0. The Morgan fingerprint density at radius 3 is 2.46 bits per heavy atom.